The first kappa shape index (κ1) is 15.9. The SMILES string of the molecule is Cc1cn[nH]c1[C@@H]1CCCCN1C(=O)CCn1ncc2ccccc21. The molecule has 0 aliphatic carbocycles. The van der Waals surface area contributed by atoms with E-state index in [9.17, 15) is 4.79 Å². The van der Waals surface area contributed by atoms with Gasteiger partial charge in [0.15, 0.2) is 0 Å². The first-order valence-corrected chi connectivity index (χ1v) is 8.94. The van der Waals surface area contributed by atoms with E-state index in [4.69, 9.17) is 0 Å². The van der Waals surface area contributed by atoms with Crippen molar-refractivity contribution >= 4 is 16.8 Å². The fraction of sp³-hybridized carbons (Fsp3) is 0.421. The predicted octanol–water partition coefficient (Wildman–Crippen LogP) is 3.21. The molecule has 0 radical (unpaired) electrons. The van der Waals surface area contributed by atoms with Gasteiger partial charge in [-0.25, -0.2) is 0 Å². The molecule has 6 nitrogen and oxygen atoms in total. The number of hydrogen-bond donors (Lipinski definition) is 1. The van der Waals surface area contributed by atoms with Gasteiger partial charge in [0.05, 0.1) is 36.2 Å². The molecule has 1 N–H and O–H groups in total. The first-order chi connectivity index (χ1) is 12.2. The zero-order chi connectivity index (χ0) is 17.2. The molecule has 1 aliphatic heterocycles. The van der Waals surface area contributed by atoms with Crippen molar-refractivity contribution in [1.29, 1.82) is 0 Å². The Balaban J connectivity index is 1.48. The Kier molecular flexibility index (Phi) is 4.26. The van der Waals surface area contributed by atoms with E-state index >= 15 is 0 Å². The Bertz CT molecular complexity index is 881. The van der Waals surface area contributed by atoms with Gasteiger partial charge in [0.25, 0.3) is 0 Å². The number of nitrogens with one attached hydrogen (secondary N) is 1. The van der Waals surface area contributed by atoms with Gasteiger partial charge in [-0.15, -0.1) is 0 Å². The summed E-state index contributed by atoms with van der Waals surface area (Å²) in [7, 11) is 0. The topological polar surface area (TPSA) is 66.8 Å². The fourth-order valence-corrected chi connectivity index (χ4v) is 3.77. The molecule has 0 saturated carbocycles. The first-order valence-electron chi connectivity index (χ1n) is 8.94. The molecule has 3 heterocycles. The van der Waals surface area contributed by atoms with Crippen molar-refractivity contribution in [2.45, 2.75) is 45.2 Å². The third-order valence-corrected chi connectivity index (χ3v) is 5.11. The van der Waals surface area contributed by atoms with Crippen LogP contribution in [0.3, 0.4) is 0 Å². The fourth-order valence-electron chi connectivity index (χ4n) is 3.77. The van der Waals surface area contributed by atoms with Gasteiger partial charge in [0.1, 0.15) is 0 Å². The van der Waals surface area contributed by atoms with Crippen LogP contribution in [0.15, 0.2) is 36.7 Å². The molecule has 3 aromatic rings. The summed E-state index contributed by atoms with van der Waals surface area (Å²) in [4.78, 5) is 14.9. The van der Waals surface area contributed by atoms with E-state index < -0.39 is 0 Å². The number of benzene rings is 1. The van der Waals surface area contributed by atoms with Crippen LogP contribution >= 0.6 is 0 Å². The van der Waals surface area contributed by atoms with Crippen LogP contribution in [0.25, 0.3) is 10.9 Å². The molecule has 0 spiro atoms. The molecule has 1 saturated heterocycles. The van der Waals surface area contributed by atoms with Crippen molar-refractivity contribution in [1.82, 2.24) is 24.9 Å². The number of aromatic amines is 1. The minimum atomic E-state index is 0.123. The quantitative estimate of drug-likeness (QED) is 0.795. The summed E-state index contributed by atoms with van der Waals surface area (Å²) in [6.07, 6.45) is 7.38. The smallest absolute Gasteiger partial charge is 0.224 e. The summed E-state index contributed by atoms with van der Waals surface area (Å²) < 4.78 is 1.92. The number of fused-ring (bicyclic) bond motifs is 1. The third kappa shape index (κ3) is 3.04. The number of nitrogens with zero attached hydrogens (tertiary/aromatic N) is 4. The highest BCUT2D eigenvalue weighted by atomic mass is 16.2. The van der Waals surface area contributed by atoms with Gasteiger partial charge in [0, 0.05) is 18.4 Å². The molecule has 4 rings (SSSR count). The second-order valence-electron chi connectivity index (χ2n) is 6.74. The van der Waals surface area contributed by atoms with Gasteiger partial charge in [-0.1, -0.05) is 18.2 Å². The van der Waals surface area contributed by atoms with Crippen LogP contribution in [0.5, 0.6) is 0 Å². The normalized spacial score (nSPS) is 18.0. The molecule has 1 aromatic carbocycles. The van der Waals surface area contributed by atoms with Gasteiger partial charge in [-0.05, 0) is 37.8 Å². The molecular formula is C19H23N5O. The summed E-state index contributed by atoms with van der Waals surface area (Å²) in [5.41, 5.74) is 3.29. The molecule has 0 unspecified atom stereocenters. The summed E-state index contributed by atoms with van der Waals surface area (Å²) in [6, 6.07) is 8.22. The Morgan fingerprint density at radius 1 is 1.28 bits per heavy atom. The van der Waals surface area contributed by atoms with E-state index in [0.717, 1.165) is 48.0 Å². The summed E-state index contributed by atoms with van der Waals surface area (Å²) in [5, 5.41) is 12.8. The second-order valence-corrected chi connectivity index (χ2v) is 6.74. The molecule has 130 valence electrons. The molecule has 2 aromatic heterocycles. The van der Waals surface area contributed by atoms with Crippen molar-refractivity contribution in [3.05, 3.63) is 47.9 Å². The average Bonchev–Trinajstić information content (AvgIpc) is 3.26. The van der Waals surface area contributed by atoms with E-state index in [0.29, 0.717) is 13.0 Å². The lowest BCUT2D eigenvalue weighted by Crippen LogP contribution is -2.39. The minimum Gasteiger partial charge on any atom is -0.334 e. The summed E-state index contributed by atoms with van der Waals surface area (Å²) in [5.74, 6) is 0.193. The highest BCUT2D eigenvalue weighted by molar-refractivity contribution is 5.79. The number of piperidine rings is 1. The minimum absolute atomic E-state index is 0.123. The van der Waals surface area contributed by atoms with Crippen molar-refractivity contribution in [3.8, 4) is 0 Å². The largest absolute Gasteiger partial charge is 0.334 e. The van der Waals surface area contributed by atoms with E-state index in [1.807, 2.05) is 53.2 Å². The second kappa shape index (κ2) is 6.70. The highest BCUT2D eigenvalue weighted by Crippen LogP contribution is 2.31. The van der Waals surface area contributed by atoms with Gasteiger partial charge in [0.2, 0.25) is 5.91 Å². The molecule has 1 amide bonds. The van der Waals surface area contributed by atoms with E-state index in [-0.39, 0.29) is 11.9 Å². The maximum Gasteiger partial charge on any atom is 0.224 e. The Labute approximate surface area is 146 Å². The number of H-pyrrole nitrogens is 1. The lowest BCUT2D eigenvalue weighted by atomic mass is 9.97. The molecule has 1 atom stereocenters. The summed E-state index contributed by atoms with van der Waals surface area (Å²) in [6.45, 7) is 3.48. The standard InChI is InChI=1S/C19H23N5O/c1-14-12-20-22-19(14)17-8-4-5-10-23(17)18(25)9-11-24-16-7-3-2-6-15(16)13-21-24/h2-3,6-7,12-13,17H,4-5,8-11H2,1H3,(H,20,22)/t17-/m0/s1. The predicted molar refractivity (Wildman–Crippen MR) is 96.0 cm³/mol. The highest BCUT2D eigenvalue weighted by Gasteiger charge is 2.29. The number of para-hydroxylation sites is 1. The zero-order valence-corrected chi connectivity index (χ0v) is 14.5. The van der Waals surface area contributed by atoms with Crippen LogP contribution in [0, 0.1) is 6.92 Å². The lowest BCUT2D eigenvalue weighted by Gasteiger charge is -2.35. The van der Waals surface area contributed by atoms with Crippen LogP contribution in [-0.2, 0) is 11.3 Å². The van der Waals surface area contributed by atoms with E-state index in [2.05, 4.69) is 15.3 Å². The number of hydrogen-bond acceptors (Lipinski definition) is 3. The van der Waals surface area contributed by atoms with Gasteiger partial charge in [-0.2, -0.15) is 10.2 Å². The molecule has 6 heteroatoms. The number of carbonyl (C=O) groups is 1. The molecule has 25 heavy (non-hydrogen) atoms. The Morgan fingerprint density at radius 3 is 3.00 bits per heavy atom. The lowest BCUT2D eigenvalue weighted by molar-refractivity contribution is -0.135. The Morgan fingerprint density at radius 2 is 2.16 bits per heavy atom. The van der Waals surface area contributed by atoms with Crippen molar-refractivity contribution < 1.29 is 4.79 Å². The van der Waals surface area contributed by atoms with Crippen LogP contribution < -0.4 is 0 Å². The molecule has 0 bridgehead atoms. The number of aryl methyl sites for hydroxylation is 2. The van der Waals surface area contributed by atoms with Crippen LogP contribution in [0.2, 0.25) is 0 Å². The van der Waals surface area contributed by atoms with Gasteiger partial charge < -0.3 is 4.90 Å². The third-order valence-electron chi connectivity index (χ3n) is 5.11. The number of aromatic nitrogens is 4. The summed E-state index contributed by atoms with van der Waals surface area (Å²) >= 11 is 0. The van der Waals surface area contributed by atoms with E-state index in [1.54, 1.807) is 0 Å². The van der Waals surface area contributed by atoms with Gasteiger partial charge >= 0.3 is 0 Å². The maximum absolute atomic E-state index is 12.9. The van der Waals surface area contributed by atoms with Crippen LogP contribution in [0.4, 0.5) is 0 Å². The van der Waals surface area contributed by atoms with Crippen molar-refractivity contribution in [2.24, 2.45) is 0 Å². The number of likely N-dealkylation sites (tertiary alicyclic amines) is 1. The van der Waals surface area contributed by atoms with Crippen molar-refractivity contribution in [2.75, 3.05) is 6.54 Å². The maximum atomic E-state index is 12.9. The van der Waals surface area contributed by atoms with Crippen LogP contribution in [-0.4, -0.2) is 37.3 Å². The zero-order valence-electron chi connectivity index (χ0n) is 14.5. The monoisotopic (exact) mass is 337 g/mol. The van der Waals surface area contributed by atoms with Gasteiger partial charge in [-0.3, -0.25) is 14.6 Å². The van der Waals surface area contributed by atoms with Crippen LogP contribution in [0.1, 0.15) is 43.0 Å². The number of amides is 1. The molecule has 1 aliphatic rings. The molecular weight excluding hydrogens is 314 g/mol. The Hall–Kier alpha value is -2.63. The molecule has 1 fully saturated rings. The number of carbonyl (C=O) groups excluding carboxylic acids is 1. The van der Waals surface area contributed by atoms with Crippen molar-refractivity contribution in [3.63, 3.8) is 0 Å². The average molecular weight is 337 g/mol. The van der Waals surface area contributed by atoms with E-state index in [1.165, 1.54) is 0 Å². The number of rotatable bonds is 4.